The highest BCUT2D eigenvalue weighted by Gasteiger charge is 2.41. The molecule has 1 spiro atoms. The van der Waals surface area contributed by atoms with E-state index in [9.17, 15) is 0 Å². The minimum Gasteiger partial charge on any atom is -0.308 e. The first-order valence-electron chi connectivity index (χ1n) is 8.57. The first-order chi connectivity index (χ1) is 10.2. The van der Waals surface area contributed by atoms with Crippen molar-refractivity contribution in [1.82, 2.24) is 15.2 Å². The third kappa shape index (κ3) is 3.46. The number of piperazine rings is 1. The first-order valence-corrected chi connectivity index (χ1v) is 8.57. The molecular formula is C18H29N3. The maximum absolute atomic E-state index is 4.24. The Labute approximate surface area is 129 Å². The zero-order chi connectivity index (χ0) is 14.7. The number of rotatable bonds is 4. The van der Waals surface area contributed by atoms with Gasteiger partial charge in [0.15, 0.2) is 0 Å². The highest BCUT2D eigenvalue weighted by atomic mass is 15.3. The van der Waals surface area contributed by atoms with Gasteiger partial charge in [-0.1, -0.05) is 32.8 Å². The molecule has 2 fully saturated rings. The largest absolute Gasteiger partial charge is 0.308 e. The Kier molecular flexibility index (Phi) is 4.60. The van der Waals surface area contributed by atoms with Crippen LogP contribution in [0.3, 0.4) is 0 Å². The molecule has 3 heteroatoms. The molecule has 116 valence electrons. The van der Waals surface area contributed by atoms with Crippen molar-refractivity contribution in [3.8, 4) is 0 Å². The first kappa shape index (κ1) is 15.0. The Balaban J connectivity index is 1.65. The van der Waals surface area contributed by atoms with E-state index in [1.807, 2.05) is 18.5 Å². The second kappa shape index (κ2) is 6.45. The lowest BCUT2D eigenvalue weighted by atomic mass is 9.89. The van der Waals surface area contributed by atoms with Gasteiger partial charge in [0.05, 0.1) is 0 Å². The highest BCUT2D eigenvalue weighted by molar-refractivity contribution is 5.09. The van der Waals surface area contributed by atoms with Crippen LogP contribution in [-0.4, -0.2) is 41.1 Å². The van der Waals surface area contributed by atoms with E-state index in [1.54, 1.807) is 0 Å². The average molecular weight is 287 g/mol. The maximum Gasteiger partial charge on any atom is 0.0309 e. The van der Waals surface area contributed by atoms with Crippen LogP contribution >= 0.6 is 0 Å². The Bertz CT molecular complexity index is 437. The summed E-state index contributed by atoms with van der Waals surface area (Å²) >= 11 is 0. The molecule has 0 radical (unpaired) electrons. The molecule has 1 aliphatic heterocycles. The smallest absolute Gasteiger partial charge is 0.0309 e. The van der Waals surface area contributed by atoms with Crippen LogP contribution in [0.25, 0.3) is 0 Å². The van der Waals surface area contributed by atoms with Crippen molar-refractivity contribution in [2.75, 3.05) is 19.6 Å². The Morgan fingerprint density at radius 2 is 2.19 bits per heavy atom. The second-order valence-corrected chi connectivity index (χ2v) is 7.26. The lowest BCUT2D eigenvalue weighted by Gasteiger charge is -2.48. The molecule has 3 nitrogen and oxygen atoms in total. The molecule has 1 atom stereocenters. The van der Waals surface area contributed by atoms with E-state index >= 15 is 0 Å². The van der Waals surface area contributed by atoms with Gasteiger partial charge in [0, 0.05) is 43.6 Å². The van der Waals surface area contributed by atoms with Gasteiger partial charge in [-0.15, -0.1) is 0 Å². The number of hydrogen-bond acceptors (Lipinski definition) is 3. The number of aromatic nitrogens is 1. The maximum atomic E-state index is 4.24. The lowest BCUT2D eigenvalue weighted by Crippen LogP contribution is -2.64. The van der Waals surface area contributed by atoms with Gasteiger partial charge in [-0.05, 0) is 36.8 Å². The van der Waals surface area contributed by atoms with Crippen molar-refractivity contribution in [3.63, 3.8) is 0 Å². The Morgan fingerprint density at radius 3 is 2.86 bits per heavy atom. The monoisotopic (exact) mass is 287 g/mol. The van der Waals surface area contributed by atoms with E-state index in [1.165, 1.54) is 37.8 Å². The summed E-state index contributed by atoms with van der Waals surface area (Å²) in [6.07, 6.45) is 10.5. The van der Waals surface area contributed by atoms with Gasteiger partial charge >= 0.3 is 0 Å². The number of hydrogen-bond donors (Lipinski definition) is 1. The molecule has 1 saturated carbocycles. The highest BCUT2D eigenvalue weighted by Crippen LogP contribution is 2.34. The van der Waals surface area contributed by atoms with Gasteiger partial charge < -0.3 is 5.32 Å². The quantitative estimate of drug-likeness (QED) is 0.923. The summed E-state index contributed by atoms with van der Waals surface area (Å²) in [4.78, 5) is 6.99. The van der Waals surface area contributed by atoms with Crippen LogP contribution < -0.4 is 5.32 Å². The molecule has 21 heavy (non-hydrogen) atoms. The molecule has 2 aliphatic rings. The standard InChI is InChI=1S/C18H29N3/c1-15(2)17-13-20-18(8-3-4-9-18)14-21(17)11-7-16-6-5-10-19-12-16/h5-6,10,12,15,17,20H,3-4,7-9,11,13-14H2,1-2H3. The van der Waals surface area contributed by atoms with Crippen LogP contribution in [0.5, 0.6) is 0 Å². The SMILES string of the molecule is CC(C)C1CNC2(CCCC2)CN1CCc1cccnc1. The normalized spacial score (nSPS) is 25.8. The van der Waals surface area contributed by atoms with E-state index in [4.69, 9.17) is 0 Å². The van der Waals surface area contributed by atoms with E-state index in [-0.39, 0.29) is 0 Å². The summed E-state index contributed by atoms with van der Waals surface area (Å²) in [5, 5.41) is 3.90. The fraction of sp³-hybridized carbons (Fsp3) is 0.722. The van der Waals surface area contributed by atoms with E-state index < -0.39 is 0 Å². The van der Waals surface area contributed by atoms with Crippen molar-refractivity contribution in [2.45, 2.75) is 57.5 Å². The fourth-order valence-electron chi connectivity index (χ4n) is 4.12. The fourth-order valence-corrected chi connectivity index (χ4v) is 4.12. The van der Waals surface area contributed by atoms with Gasteiger partial charge in [0.1, 0.15) is 0 Å². The minimum atomic E-state index is 0.417. The molecule has 1 aromatic heterocycles. The van der Waals surface area contributed by atoms with Crippen molar-refractivity contribution in [2.24, 2.45) is 5.92 Å². The molecule has 1 unspecified atom stereocenters. The van der Waals surface area contributed by atoms with E-state index in [2.05, 4.69) is 35.1 Å². The van der Waals surface area contributed by atoms with Crippen LogP contribution in [0.2, 0.25) is 0 Å². The van der Waals surface area contributed by atoms with Gasteiger partial charge in [-0.3, -0.25) is 9.88 Å². The Hall–Kier alpha value is -0.930. The van der Waals surface area contributed by atoms with Crippen molar-refractivity contribution in [3.05, 3.63) is 30.1 Å². The van der Waals surface area contributed by atoms with Crippen LogP contribution in [0.4, 0.5) is 0 Å². The molecule has 0 amide bonds. The summed E-state index contributed by atoms with van der Waals surface area (Å²) in [5.41, 5.74) is 1.78. The van der Waals surface area contributed by atoms with Crippen LogP contribution in [-0.2, 0) is 6.42 Å². The van der Waals surface area contributed by atoms with Crippen molar-refractivity contribution in [1.29, 1.82) is 0 Å². The molecule has 2 heterocycles. The molecule has 1 N–H and O–H groups in total. The average Bonchev–Trinajstić information content (AvgIpc) is 2.94. The molecule has 1 aromatic rings. The number of nitrogens with zero attached hydrogens (tertiary/aromatic N) is 2. The molecule has 3 rings (SSSR count). The summed E-state index contributed by atoms with van der Waals surface area (Å²) in [6, 6.07) is 4.92. The molecular weight excluding hydrogens is 258 g/mol. The van der Waals surface area contributed by atoms with Crippen LogP contribution in [0.1, 0.15) is 45.1 Å². The summed E-state index contributed by atoms with van der Waals surface area (Å²) in [5.74, 6) is 0.713. The third-order valence-corrected chi connectivity index (χ3v) is 5.40. The molecule has 0 aromatic carbocycles. The van der Waals surface area contributed by atoms with Crippen LogP contribution in [0, 0.1) is 5.92 Å². The van der Waals surface area contributed by atoms with Gasteiger partial charge in [-0.25, -0.2) is 0 Å². The van der Waals surface area contributed by atoms with Crippen molar-refractivity contribution >= 4 is 0 Å². The van der Waals surface area contributed by atoms with Gasteiger partial charge in [0.25, 0.3) is 0 Å². The van der Waals surface area contributed by atoms with E-state index in [0.717, 1.165) is 19.5 Å². The molecule has 0 bridgehead atoms. The van der Waals surface area contributed by atoms with Crippen LogP contribution in [0.15, 0.2) is 24.5 Å². The van der Waals surface area contributed by atoms with Crippen molar-refractivity contribution < 1.29 is 0 Å². The predicted molar refractivity (Wildman–Crippen MR) is 87.3 cm³/mol. The molecule has 1 aliphatic carbocycles. The number of nitrogens with one attached hydrogen (secondary N) is 1. The summed E-state index contributed by atoms with van der Waals surface area (Å²) in [7, 11) is 0. The van der Waals surface area contributed by atoms with Gasteiger partial charge in [0.2, 0.25) is 0 Å². The third-order valence-electron chi connectivity index (χ3n) is 5.40. The summed E-state index contributed by atoms with van der Waals surface area (Å²) < 4.78 is 0. The predicted octanol–water partition coefficient (Wildman–Crippen LogP) is 2.87. The second-order valence-electron chi connectivity index (χ2n) is 7.26. The Morgan fingerprint density at radius 1 is 1.38 bits per heavy atom. The van der Waals surface area contributed by atoms with E-state index in [0.29, 0.717) is 17.5 Å². The zero-order valence-corrected chi connectivity index (χ0v) is 13.5. The molecule has 1 saturated heterocycles. The zero-order valence-electron chi connectivity index (χ0n) is 13.5. The number of pyridine rings is 1. The van der Waals surface area contributed by atoms with Gasteiger partial charge in [-0.2, -0.15) is 0 Å². The minimum absolute atomic E-state index is 0.417. The summed E-state index contributed by atoms with van der Waals surface area (Å²) in [6.45, 7) is 8.27. The lowest BCUT2D eigenvalue weighted by molar-refractivity contribution is 0.0580. The topological polar surface area (TPSA) is 28.2 Å².